The van der Waals surface area contributed by atoms with E-state index in [1.165, 1.54) is 6.07 Å². The van der Waals surface area contributed by atoms with E-state index >= 15 is 0 Å². The molecule has 136 valence electrons. The van der Waals surface area contributed by atoms with Crippen LogP contribution in [0.3, 0.4) is 0 Å². The number of rotatable bonds is 7. The summed E-state index contributed by atoms with van der Waals surface area (Å²) in [4.78, 5) is 15.5. The van der Waals surface area contributed by atoms with Crippen LogP contribution in [-0.2, 0) is 0 Å². The van der Waals surface area contributed by atoms with Crippen LogP contribution >= 0.6 is 0 Å². The van der Waals surface area contributed by atoms with Crippen molar-refractivity contribution in [2.45, 2.75) is 18.9 Å². The maximum atomic E-state index is 13.9. The van der Waals surface area contributed by atoms with Crippen molar-refractivity contribution in [3.05, 3.63) is 35.3 Å². The molecule has 1 aromatic carbocycles. The Morgan fingerprint density at radius 3 is 2.68 bits per heavy atom. The average Bonchev–Trinajstić information content (AvgIpc) is 2.50. The van der Waals surface area contributed by atoms with Gasteiger partial charge in [0.2, 0.25) is 0 Å². The van der Waals surface area contributed by atoms with Crippen molar-refractivity contribution in [1.82, 2.24) is 9.80 Å². The summed E-state index contributed by atoms with van der Waals surface area (Å²) >= 11 is 0. The second-order valence-electron chi connectivity index (χ2n) is 7.42. The van der Waals surface area contributed by atoms with Crippen LogP contribution in [0.15, 0.2) is 18.3 Å². The first-order valence-corrected chi connectivity index (χ1v) is 8.68. The minimum atomic E-state index is -0.526. The molecule has 0 unspecified atom stereocenters. The van der Waals surface area contributed by atoms with Crippen molar-refractivity contribution in [3.8, 4) is 5.75 Å². The van der Waals surface area contributed by atoms with Crippen molar-refractivity contribution in [2.24, 2.45) is 11.1 Å². The Balaban J connectivity index is 1.68. The molecule has 1 aliphatic carbocycles. The van der Waals surface area contributed by atoms with Crippen molar-refractivity contribution in [1.29, 1.82) is 0 Å². The number of likely N-dealkylation sites (tertiary alicyclic amines) is 1. The number of hydrogen-bond donors (Lipinski definition) is 1. The number of carbonyl (C=O) groups is 1. The van der Waals surface area contributed by atoms with Gasteiger partial charge < -0.3 is 20.3 Å². The zero-order valence-corrected chi connectivity index (χ0v) is 14.9. The quantitative estimate of drug-likeness (QED) is 0.764. The second kappa shape index (κ2) is 7.14. The fourth-order valence-corrected chi connectivity index (χ4v) is 3.88. The molecule has 1 spiro atoms. The van der Waals surface area contributed by atoms with Gasteiger partial charge in [-0.3, -0.25) is 4.79 Å². The summed E-state index contributed by atoms with van der Waals surface area (Å²) < 4.78 is 20.0. The first-order valence-electron chi connectivity index (χ1n) is 8.68. The molecule has 1 aromatic rings. The summed E-state index contributed by atoms with van der Waals surface area (Å²) in [6.07, 6.45) is 6.18. The molecule has 2 N–H and O–H groups in total. The number of nitrogens with two attached hydrogens (primary N) is 1. The van der Waals surface area contributed by atoms with E-state index in [9.17, 15) is 9.18 Å². The van der Waals surface area contributed by atoms with Crippen LogP contribution in [-0.4, -0.2) is 62.5 Å². The molecule has 5 nitrogen and oxygen atoms in total. The summed E-state index contributed by atoms with van der Waals surface area (Å²) in [5.41, 5.74) is 6.50. The first kappa shape index (κ1) is 17.9. The largest absolute Gasteiger partial charge is 0.490 e. The van der Waals surface area contributed by atoms with E-state index in [-0.39, 0.29) is 11.7 Å². The zero-order chi connectivity index (χ0) is 18.0. The molecular weight excluding hydrogens is 321 g/mol. The van der Waals surface area contributed by atoms with Gasteiger partial charge in [-0.25, -0.2) is 4.39 Å². The normalized spacial score (nSPS) is 19.7. The molecule has 2 fully saturated rings. The number of ether oxygens (including phenoxy) is 1. The van der Waals surface area contributed by atoms with Crippen molar-refractivity contribution >= 4 is 12.4 Å². The zero-order valence-electron chi connectivity index (χ0n) is 14.9. The van der Waals surface area contributed by atoms with Gasteiger partial charge in [0.25, 0.3) is 0 Å². The molecule has 0 atom stereocenters. The van der Waals surface area contributed by atoms with Gasteiger partial charge >= 0.3 is 0 Å². The topological polar surface area (TPSA) is 58.8 Å². The smallest absolute Gasteiger partial charge is 0.153 e. The highest BCUT2D eigenvalue weighted by Gasteiger charge is 2.53. The predicted octanol–water partition coefficient (Wildman–Crippen LogP) is 1.97. The fourth-order valence-electron chi connectivity index (χ4n) is 3.88. The Morgan fingerprint density at radius 1 is 1.36 bits per heavy atom. The Kier molecular flexibility index (Phi) is 5.11. The summed E-state index contributed by atoms with van der Waals surface area (Å²) in [7, 11) is 3.74. The van der Waals surface area contributed by atoms with Gasteiger partial charge in [0.1, 0.15) is 11.6 Å². The van der Waals surface area contributed by atoms with Crippen LogP contribution < -0.4 is 10.5 Å². The Labute approximate surface area is 148 Å². The lowest BCUT2D eigenvalue weighted by Crippen LogP contribution is -2.65. The van der Waals surface area contributed by atoms with Crippen molar-refractivity contribution in [2.75, 3.05) is 40.3 Å². The van der Waals surface area contributed by atoms with Gasteiger partial charge in [0.05, 0.1) is 11.7 Å². The number of hydrogen-bond acceptors (Lipinski definition) is 5. The van der Waals surface area contributed by atoms with Crippen LogP contribution in [0.5, 0.6) is 5.75 Å². The standard InChI is InChI=1S/C19H26FN3O2/c1-22(2)7-5-15-16(11-24)17(20)3-4-18(15)25-14-9-19(10-14)12-23(13-19)8-6-21/h3-5,7,11,14H,6,8-10,12-13,21H2,1-2H3/b7-5-. The highest BCUT2D eigenvalue weighted by Crippen LogP contribution is 2.49. The molecule has 0 bridgehead atoms. The Morgan fingerprint density at radius 2 is 2.08 bits per heavy atom. The first-order chi connectivity index (χ1) is 12.0. The van der Waals surface area contributed by atoms with E-state index in [1.54, 1.807) is 18.3 Å². The summed E-state index contributed by atoms with van der Waals surface area (Å²) in [5.74, 6) is 0.0434. The second-order valence-corrected chi connectivity index (χ2v) is 7.42. The lowest BCUT2D eigenvalue weighted by molar-refractivity contribution is -0.117. The Hall–Kier alpha value is -1.92. The van der Waals surface area contributed by atoms with Crippen LogP contribution in [0.1, 0.15) is 28.8 Å². The molecule has 2 aliphatic rings. The highest BCUT2D eigenvalue weighted by molar-refractivity contribution is 5.84. The molecule has 1 saturated heterocycles. The molecule has 0 amide bonds. The van der Waals surface area contributed by atoms with E-state index in [1.807, 2.05) is 19.0 Å². The van der Waals surface area contributed by atoms with Gasteiger partial charge in [-0.2, -0.15) is 0 Å². The fraction of sp³-hybridized carbons (Fsp3) is 0.526. The third-order valence-corrected chi connectivity index (χ3v) is 5.03. The van der Waals surface area contributed by atoms with E-state index in [4.69, 9.17) is 10.5 Å². The highest BCUT2D eigenvalue weighted by atomic mass is 19.1. The molecule has 6 heteroatoms. The third kappa shape index (κ3) is 3.70. The van der Waals surface area contributed by atoms with Crippen LogP contribution in [0.25, 0.3) is 6.08 Å². The molecule has 25 heavy (non-hydrogen) atoms. The molecule has 3 rings (SSSR count). The average molecular weight is 347 g/mol. The third-order valence-electron chi connectivity index (χ3n) is 5.03. The molecule has 1 saturated carbocycles. The van der Waals surface area contributed by atoms with E-state index in [0.29, 0.717) is 29.6 Å². The molecular formula is C19H26FN3O2. The van der Waals surface area contributed by atoms with Gasteiger partial charge in [0, 0.05) is 51.3 Å². The maximum Gasteiger partial charge on any atom is 0.153 e. The molecule has 1 aliphatic heterocycles. The predicted molar refractivity (Wildman–Crippen MR) is 96.1 cm³/mol. The maximum absolute atomic E-state index is 13.9. The minimum absolute atomic E-state index is 0.0439. The van der Waals surface area contributed by atoms with Gasteiger partial charge in [0.15, 0.2) is 6.29 Å². The van der Waals surface area contributed by atoms with Gasteiger partial charge in [-0.15, -0.1) is 0 Å². The van der Waals surface area contributed by atoms with E-state index in [0.717, 1.165) is 32.5 Å². The number of benzene rings is 1. The number of halogens is 1. The Bertz CT molecular complexity index is 661. The SMILES string of the molecule is CN(C)/C=C\c1c(OC2CC3(C2)CN(CCN)C3)ccc(F)c1C=O. The number of carbonyl (C=O) groups excluding carboxylic acids is 1. The number of aldehydes is 1. The van der Waals surface area contributed by atoms with E-state index < -0.39 is 5.82 Å². The monoisotopic (exact) mass is 347 g/mol. The summed E-state index contributed by atoms with van der Waals surface area (Å²) in [6, 6.07) is 2.91. The van der Waals surface area contributed by atoms with Crippen LogP contribution in [0, 0.1) is 11.2 Å². The summed E-state index contributed by atoms with van der Waals surface area (Å²) in [5, 5.41) is 0. The lowest BCUT2D eigenvalue weighted by atomic mass is 9.62. The van der Waals surface area contributed by atoms with Gasteiger partial charge in [-0.05, 0) is 37.3 Å². The van der Waals surface area contributed by atoms with E-state index in [2.05, 4.69) is 4.90 Å². The minimum Gasteiger partial charge on any atom is -0.490 e. The lowest BCUT2D eigenvalue weighted by Gasteiger charge is -2.58. The van der Waals surface area contributed by atoms with Crippen LogP contribution in [0.2, 0.25) is 0 Å². The summed E-state index contributed by atoms with van der Waals surface area (Å²) in [6.45, 7) is 3.82. The van der Waals surface area contributed by atoms with Crippen LogP contribution in [0.4, 0.5) is 4.39 Å². The molecule has 0 aromatic heterocycles. The number of nitrogens with zero attached hydrogens (tertiary/aromatic N) is 2. The molecule has 0 radical (unpaired) electrons. The van der Waals surface area contributed by atoms with Gasteiger partial charge in [-0.1, -0.05) is 0 Å². The van der Waals surface area contributed by atoms with Crippen molar-refractivity contribution in [3.63, 3.8) is 0 Å². The van der Waals surface area contributed by atoms with Crippen molar-refractivity contribution < 1.29 is 13.9 Å². The molecule has 1 heterocycles.